The Hall–Kier alpha value is -4.51. The summed E-state index contributed by atoms with van der Waals surface area (Å²) in [7, 11) is 3.17. The lowest BCUT2D eigenvalue weighted by Crippen LogP contribution is -2.65. The number of aliphatic hydroxyl groups is 3. The molecule has 1 saturated carbocycles. The number of rotatable bonds is 9. The molecule has 4 unspecified atom stereocenters. The van der Waals surface area contributed by atoms with Crippen LogP contribution in [0.15, 0.2) is 65.4 Å². The number of hydrogen-bond acceptors (Lipinski definition) is 9. The number of amides is 1. The second kappa shape index (κ2) is 12.5. The number of phenols is 1. The molecule has 1 fully saturated rings. The van der Waals surface area contributed by atoms with E-state index >= 15 is 0 Å². The molecule has 3 aromatic carbocycles. The van der Waals surface area contributed by atoms with E-state index in [1.165, 1.54) is 16.5 Å². The zero-order valence-corrected chi connectivity index (χ0v) is 27.8. The average Bonchev–Trinajstić information content (AvgIpc) is 3.03. The molecule has 6 N–H and O–H groups in total. The molecule has 3 aliphatic rings. The molecular weight excluding hydrogens is 610 g/mol. The molecule has 0 aromatic heterocycles. The summed E-state index contributed by atoms with van der Waals surface area (Å²) in [6.45, 7) is 7.16. The SMILES string of the molecule is CCCN(CCC)Cc1ccc(-c2ccc(O)c3c2CC2CC4C(N(C)C)C(=O)C(C(N)=O)=C(O)C4(O)C(=O)C2=C3O)c2ccccc12. The zero-order chi connectivity index (χ0) is 34.7. The fourth-order valence-electron chi connectivity index (χ4n) is 8.37. The van der Waals surface area contributed by atoms with E-state index < -0.39 is 58.0 Å². The summed E-state index contributed by atoms with van der Waals surface area (Å²) in [6, 6.07) is 14.5. The highest BCUT2D eigenvalue weighted by molar-refractivity contribution is 6.24. The zero-order valence-electron chi connectivity index (χ0n) is 27.8. The van der Waals surface area contributed by atoms with Crippen molar-refractivity contribution in [1.29, 1.82) is 0 Å². The molecule has 3 aliphatic carbocycles. The van der Waals surface area contributed by atoms with Crippen molar-refractivity contribution in [3.8, 4) is 16.9 Å². The monoisotopic (exact) mass is 653 g/mol. The molecule has 0 bridgehead atoms. The van der Waals surface area contributed by atoms with E-state index in [4.69, 9.17) is 5.73 Å². The fourth-order valence-corrected chi connectivity index (χ4v) is 8.37. The van der Waals surface area contributed by atoms with Crippen LogP contribution in [0.25, 0.3) is 27.7 Å². The number of aromatic hydroxyl groups is 1. The summed E-state index contributed by atoms with van der Waals surface area (Å²) in [6.07, 6.45) is 2.37. The van der Waals surface area contributed by atoms with Gasteiger partial charge in [-0.05, 0) is 97.9 Å². The number of ketones is 2. The predicted octanol–water partition coefficient (Wildman–Crippen LogP) is 4.41. The van der Waals surface area contributed by atoms with Crippen LogP contribution in [0.4, 0.5) is 0 Å². The standard InChI is InChI=1S/C38H43N3O7/c1-5-15-41(16-6-2)19-20-11-12-24(23-10-8-7-9-22(20)23)25-13-14-28(42)30-26(25)17-21-18-27-32(40(3)4)34(44)31(37(39)47)36(46)38(27,48)35(45)29(21)33(30)43/h7-14,21,27,32,42-43,46,48H,5-6,15-19H2,1-4H3,(H2,39,47). The van der Waals surface area contributed by atoms with Crippen molar-refractivity contribution in [3.05, 3.63) is 82.1 Å². The first-order chi connectivity index (χ1) is 22.9. The minimum atomic E-state index is -2.67. The number of aliphatic hydroxyl groups excluding tert-OH is 2. The van der Waals surface area contributed by atoms with Crippen LogP contribution in [0, 0.1) is 11.8 Å². The maximum atomic E-state index is 14.2. The molecular formula is C38H43N3O7. The molecule has 48 heavy (non-hydrogen) atoms. The normalized spacial score (nSPS) is 23.9. The van der Waals surface area contributed by atoms with Crippen LogP contribution in [0.3, 0.4) is 0 Å². The maximum absolute atomic E-state index is 14.2. The second-order valence-electron chi connectivity index (χ2n) is 13.5. The van der Waals surface area contributed by atoms with Gasteiger partial charge in [-0.2, -0.15) is 0 Å². The number of hydrogen-bond donors (Lipinski definition) is 5. The molecule has 3 aromatic rings. The number of fused-ring (bicyclic) bond motifs is 4. The lowest BCUT2D eigenvalue weighted by molar-refractivity contribution is -0.153. The van der Waals surface area contributed by atoms with E-state index in [1.807, 2.05) is 18.2 Å². The first-order valence-corrected chi connectivity index (χ1v) is 16.6. The van der Waals surface area contributed by atoms with Gasteiger partial charge < -0.3 is 26.2 Å². The van der Waals surface area contributed by atoms with Gasteiger partial charge in [0.15, 0.2) is 11.4 Å². The van der Waals surface area contributed by atoms with Crippen LogP contribution < -0.4 is 5.73 Å². The highest BCUT2D eigenvalue weighted by Crippen LogP contribution is 2.54. The van der Waals surface area contributed by atoms with Gasteiger partial charge in [0.2, 0.25) is 5.78 Å². The van der Waals surface area contributed by atoms with Crippen molar-refractivity contribution in [2.24, 2.45) is 17.6 Å². The number of carbonyl (C=O) groups is 3. The smallest absolute Gasteiger partial charge is 0.255 e. The van der Waals surface area contributed by atoms with E-state index in [0.29, 0.717) is 5.56 Å². The molecule has 0 radical (unpaired) electrons. The van der Waals surface area contributed by atoms with Crippen LogP contribution in [0.2, 0.25) is 0 Å². The van der Waals surface area contributed by atoms with Gasteiger partial charge in [-0.15, -0.1) is 0 Å². The van der Waals surface area contributed by atoms with Gasteiger partial charge in [0.25, 0.3) is 5.91 Å². The molecule has 0 spiro atoms. The Kier molecular flexibility index (Phi) is 8.70. The Morgan fingerprint density at radius 1 is 0.938 bits per heavy atom. The van der Waals surface area contributed by atoms with Crippen molar-refractivity contribution < 1.29 is 34.8 Å². The Balaban J connectivity index is 1.51. The van der Waals surface area contributed by atoms with Crippen LogP contribution in [0.5, 0.6) is 5.75 Å². The van der Waals surface area contributed by atoms with E-state index in [-0.39, 0.29) is 29.7 Å². The van der Waals surface area contributed by atoms with Gasteiger partial charge in [-0.25, -0.2) is 0 Å². The molecule has 10 nitrogen and oxygen atoms in total. The second-order valence-corrected chi connectivity index (χ2v) is 13.5. The molecule has 0 aliphatic heterocycles. The number of likely N-dealkylation sites (N-methyl/N-ethyl adjacent to an activating group) is 1. The van der Waals surface area contributed by atoms with Crippen molar-refractivity contribution in [2.45, 2.75) is 57.7 Å². The van der Waals surface area contributed by atoms with Gasteiger partial charge in [-0.3, -0.25) is 24.2 Å². The molecule has 1 amide bonds. The number of carbonyl (C=O) groups excluding carboxylic acids is 3. The molecule has 0 heterocycles. The molecule has 10 heteroatoms. The van der Waals surface area contributed by atoms with Gasteiger partial charge in [0, 0.05) is 18.0 Å². The number of phenolic OH excluding ortho intramolecular Hbond substituents is 1. The highest BCUT2D eigenvalue weighted by atomic mass is 16.3. The quantitative estimate of drug-likeness (QED) is 0.211. The summed E-state index contributed by atoms with van der Waals surface area (Å²) in [5.74, 6) is -6.68. The molecule has 252 valence electrons. The van der Waals surface area contributed by atoms with Crippen LogP contribution in [0.1, 0.15) is 49.8 Å². The lowest BCUT2D eigenvalue weighted by atomic mass is 9.57. The van der Waals surface area contributed by atoms with Crippen molar-refractivity contribution in [2.75, 3.05) is 27.2 Å². The minimum absolute atomic E-state index is 0.0330. The summed E-state index contributed by atoms with van der Waals surface area (Å²) in [4.78, 5) is 43.9. The van der Waals surface area contributed by atoms with E-state index in [1.54, 1.807) is 14.1 Å². The third kappa shape index (κ3) is 5.01. The fraction of sp³-hybridized carbons (Fsp3) is 0.395. The topological polar surface area (TPSA) is 165 Å². The first kappa shape index (κ1) is 33.4. The average molecular weight is 654 g/mol. The Labute approximate surface area is 279 Å². The van der Waals surface area contributed by atoms with Gasteiger partial charge in [0.05, 0.1) is 11.6 Å². The number of Topliss-reactive ketones (excluding diaryl/α,β-unsaturated/α-hetero) is 2. The van der Waals surface area contributed by atoms with Gasteiger partial charge in [0.1, 0.15) is 22.8 Å². The van der Waals surface area contributed by atoms with Gasteiger partial charge in [-0.1, -0.05) is 56.3 Å². The minimum Gasteiger partial charge on any atom is -0.508 e. The maximum Gasteiger partial charge on any atom is 0.255 e. The van der Waals surface area contributed by atoms with E-state index in [0.717, 1.165) is 54.4 Å². The number of primary amides is 1. The van der Waals surface area contributed by atoms with E-state index in [9.17, 15) is 34.8 Å². The first-order valence-electron chi connectivity index (χ1n) is 16.6. The Morgan fingerprint density at radius 2 is 1.58 bits per heavy atom. The predicted molar refractivity (Wildman–Crippen MR) is 183 cm³/mol. The van der Waals surface area contributed by atoms with Crippen molar-refractivity contribution in [1.82, 2.24) is 9.80 Å². The third-order valence-corrected chi connectivity index (χ3v) is 10.4. The molecule has 4 atom stereocenters. The number of nitrogens with two attached hydrogens (primary N) is 1. The third-order valence-electron chi connectivity index (χ3n) is 10.4. The summed E-state index contributed by atoms with van der Waals surface area (Å²) < 4.78 is 0. The lowest BCUT2D eigenvalue weighted by Gasteiger charge is -2.50. The molecule has 0 saturated heterocycles. The number of benzene rings is 3. The summed E-state index contributed by atoms with van der Waals surface area (Å²) >= 11 is 0. The van der Waals surface area contributed by atoms with Crippen molar-refractivity contribution in [3.63, 3.8) is 0 Å². The Bertz CT molecular complexity index is 1910. The van der Waals surface area contributed by atoms with E-state index in [2.05, 4.69) is 43.0 Å². The largest absolute Gasteiger partial charge is 0.508 e. The van der Waals surface area contributed by atoms with Crippen LogP contribution >= 0.6 is 0 Å². The Morgan fingerprint density at radius 3 is 2.21 bits per heavy atom. The van der Waals surface area contributed by atoms with Crippen LogP contribution in [-0.2, 0) is 27.3 Å². The van der Waals surface area contributed by atoms with Gasteiger partial charge >= 0.3 is 0 Å². The summed E-state index contributed by atoms with van der Waals surface area (Å²) in [5.41, 5.74) is 5.37. The van der Waals surface area contributed by atoms with Crippen molar-refractivity contribution >= 4 is 34.0 Å². The summed E-state index contributed by atoms with van der Waals surface area (Å²) in [5, 5.41) is 48.0. The highest BCUT2D eigenvalue weighted by Gasteiger charge is 2.64. The number of nitrogens with zero attached hydrogens (tertiary/aromatic N) is 2. The van der Waals surface area contributed by atoms with Crippen LogP contribution in [-0.4, -0.2) is 86.5 Å². The molecule has 6 rings (SSSR count).